The summed E-state index contributed by atoms with van der Waals surface area (Å²) in [6.07, 6.45) is 3.58. The first-order valence-corrected chi connectivity index (χ1v) is 14.7. The van der Waals surface area contributed by atoms with E-state index in [9.17, 15) is 9.59 Å². The van der Waals surface area contributed by atoms with Crippen LogP contribution in [-0.2, 0) is 12.0 Å². The molecule has 0 radical (unpaired) electrons. The molecule has 1 aliphatic heterocycles. The van der Waals surface area contributed by atoms with E-state index in [1.54, 1.807) is 24.3 Å². The van der Waals surface area contributed by atoms with Crippen LogP contribution in [0.3, 0.4) is 0 Å². The van der Waals surface area contributed by atoms with Crippen LogP contribution in [0.4, 0.5) is 16.4 Å². The first kappa shape index (κ1) is 29.8. The fraction of sp³-hybridized carbons (Fsp3) is 0.375. The highest BCUT2D eigenvalue weighted by Crippen LogP contribution is 2.24. The van der Waals surface area contributed by atoms with Gasteiger partial charge in [-0.3, -0.25) is 15.2 Å². The molecule has 2 aromatic heterocycles. The summed E-state index contributed by atoms with van der Waals surface area (Å²) < 4.78 is 11.1. The Bertz CT molecular complexity index is 1500. The Balaban J connectivity index is 1.06. The Kier molecular flexibility index (Phi) is 9.41. The summed E-state index contributed by atoms with van der Waals surface area (Å²) in [6, 6.07) is 17.9. The largest absolute Gasteiger partial charge is 0.494 e. The monoisotopic (exact) mass is 585 g/mol. The van der Waals surface area contributed by atoms with Gasteiger partial charge in [-0.25, -0.2) is 4.79 Å². The van der Waals surface area contributed by atoms with Gasteiger partial charge in [0.25, 0.3) is 5.91 Å². The van der Waals surface area contributed by atoms with Crippen molar-refractivity contribution in [1.82, 2.24) is 25.6 Å². The molecule has 2 aromatic carbocycles. The van der Waals surface area contributed by atoms with Crippen molar-refractivity contribution in [1.29, 1.82) is 0 Å². The molecule has 1 aliphatic rings. The number of benzene rings is 2. The number of hydrogen-bond donors (Lipinski definition) is 4. The third-order valence-corrected chi connectivity index (χ3v) is 7.22. The molecule has 226 valence electrons. The summed E-state index contributed by atoms with van der Waals surface area (Å²) in [5, 5.41) is 19.4. The van der Waals surface area contributed by atoms with Gasteiger partial charge in [0.15, 0.2) is 5.82 Å². The Hall–Kier alpha value is -4.64. The lowest BCUT2D eigenvalue weighted by atomic mass is 9.93. The topological polar surface area (TPSA) is 137 Å². The molecule has 11 heteroatoms. The lowest BCUT2D eigenvalue weighted by Gasteiger charge is -2.14. The quantitative estimate of drug-likeness (QED) is 0.163. The summed E-state index contributed by atoms with van der Waals surface area (Å²) in [4.78, 5) is 27.5. The third kappa shape index (κ3) is 8.45. The molecule has 11 nitrogen and oxygen atoms in total. The van der Waals surface area contributed by atoms with Crippen LogP contribution in [0.2, 0.25) is 0 Å². The van der Waals surface area contributed by atoms with E-state index in [-0.39, 0.29) is 17.4 Å². The van der Waals surface area contributed by atoms with Crippen molar-refractivity contribution in [2.24, 2.45) is 0 Å². The molecule has 0 aliphatic carbocycles. The number of nitrogens with zero attached hydrogens (tertiary/aromatic N) is 3. The minimum Gasteiger partial charge on any atom is -0.494 e. The Morgan fingerprint density at radius 2 is 1.74 bits per heavy atom. The van der Waals surface area contributed by atoms with Gasteiger partial charge in [0.05, 0.1) is 12.3 Å². The number of H-pyrrole nitrogens is 1. The molecule has 0 spiro atoms. The van der Waals surface area contributed by atoms with Crippen molar-refractivity contribution in [3.63, 3.8) is 0 Å². The summed E-state index contributed by atoms with van der Waals surface area (Å²) in [5.74, 6) is 2.06. The van der Waals surface area contributed by atoms with E-state index in [0.29, 0.717) is 41.8 Å². The number of urea groups is 1. The first-order valence-electron chi connectivity index (χ1n) is 14.7. The normalized spacial score (nSPS) is 13.6. The molecule has 0 bridgehead atoms. The van der Waals surface area contributed by atoms with E-state index in [1.807, 2.05) is 57.2 Å². The molecule has 3 heterocycles. The summed E-state index contributed by atoms with van der Waals surface area (Å²) >= 11 is 0. The number of anilines is 2. The van der Waals surface area contributed by atoms with E-state index >= 15 is 0 Å². The molecule has 5 rings (SSSR count). The zero-order valence-corrected chi connectivity index (χ0v) is 24.9. The SMILES string of the molecule is CC(C)(C)c1cc(NC(=O)NCc2ccc(-c3cc(NC(=O)c4ccc(OCCCN5CCCC5)cc4)[nH]n3)cc2)no1. The predicted octanol–water partition coefficient (Wildman–Crippen LogP) is 5.80. The van der Waals surface area contributed by atoms with Crippen LogP contribution in [0.5, 0.6) is 5.75 Å². The predicted molar refractivity (Wildman–Crippen MR) is 165 cm³/mol. The molecule has 1 saturated heterocycles. The average molecular weight is 586 g/mol. The maximum absolute atomic E-state index is 12.8. The fourth-order valence-electron chi connectivity index (χ4n) is 4.74. The van der Waals surface area contributed by atoms with E-state index in [2.05, 4.69) is 36.2 Å². The van der Waals surface area contributed by atoms with Gasteiger partial charge in [-0.1, -0.05) is 50.2 Å². The smallest absolute Gasteiger partial charge is 0.320 e. The van der Waals surface area contributed by atoms with Crippen molar-refractivity contribution in [3.05, 3.63) is 77.6 Å². The zero-order valence-electron chi connectivity index (χ0n) is 24.9. The highest BCUT2D eigenvalue weighted by Gasteiger charge is 2.20. The molecular weight excluding hydrogens is 546 g/mol. The van der Waals surface area contributed by atoms with Crippen molar-refractivity contribution in [2.75, 3.05) is 36.9 Å². The second-order valence-corrected chi connectivity index (χ2v) is 11.7. The molecule has 4 aromatic rings. The Morgan fingerprint density at radius 1 is 1.00 bits per heavy atom. The number of aromatic amines is 1. The standard InChI is InChI=1S/C32H39N7O4/c1-32(2,3)27-20-29(38-43-27)35-31(41)33-21-22-7-9-23(10-8-22)26-19-28(37-36-26)34-30(40)24-11-13-25(14-12-24)42-18-6-17-39-15-4-5-16-39/h7-14,19-20H,4-6,15-18,21H2,1-3H3,(H2,33,35,38,41)(H2,34,36,37,40). The Labute approximate surface area is 251 Å². The van der Waals surface area contributed by atoms with Crippen LogP contribution in [-0.4, -0.2) is 58.4 Å². The maximum atomic E-state index is 12.8. The zero-order chi connectivity index (χ0) is 30.2. The molecule has 4 N–H and O–H groups in total. The van der Waals surface area contributed by atoms with Gasteiger partial charge in [-0.05, 0) is 62.2 Å². The van der Waals surface area contributed by atoms with Gasteiger partial charge >= 0.3 is 6.03 Å². The van der Waals surface area contributed by atoms with Gasteiger partial charge in [0, 0.05) is 41.8 Å². The Morgan fingerprint density at radius 3 is 2.44 bits per heavy atom. The highest BCUT2D eigenvalue weighted by atomic mass is 16.5. The number of aromatic nitrogens is 3. The number of amides is 3. The number of hydrogen-bond acceptors (Lipinski definition) is 7. The van der Waals surface area contributed by atoms with Crippen LogP contribution < -0.4 is 20.7 Å². The second kappa shape index (κ2) is 13.6. The van der Waals surface area contributed by atoms with E-state index in [4.69, 9.17) is 9.26 Å². The van der Waals surface area contributed by atoms with E-state index in [0.717, 1.165) is 29.8 Å². The van der Waals surface area contributed by atoms with Crippen molar-refractivity contribution < 1.29 is 18.8 Å². The number of rotatable bonds is 11. The maximum Gasteiger partial charge on any atom is 0.320 e. The number of likely N-dealkylation sites (tertiary alicyclic amines) is 1. The van der Waals surface area contributed by atoms with E-state index < -0.39 is 0 Å². The van der Waals surface area contributed by atoms with Gasteiger partial charge in [0.2, 0.25) is 0 Å². The van der Waals surface area contributed by atoms with Crippen LogP contribution in [0.1, 0.15) is 61.7 Å². The fourth-order valence-corrected chi connectivity index (χ4v) is 4.74. The third-order valence-electron chi connectivity index (χ3n) is 7.22. The number of nitrogens with one attached hydrogen (secondary N) is 4. The molecule has 0 atom stereocenters. The van der Waals surface area contributed by atoms with Crippen molar-refractivity contribution >= 4 is 23.6 Å². The molecular formula is C32H39N7O4. The second-order valence-electron chi connectivity index (χ2n) is 11.7. The summed E-state index contributed by atoms with van der Waals surface area (Å²) in [7, 11) is 0. The van der Waals surface area contributed by atoms with Crippen molar-refractivity contribution in [3.8, 4) is 17.0 Å². The minimum absolute atomic E-state index is 0.194. The molecule has 3 amide bonds. The van der Waals surface area contributed by atoms with Crippen LogP contribution in [0.15, 0.2) is 65.2 Å². The first-order chi connectivity index (χ1) is 20.7. The molecule has 0 unspecified atom stereocenters. The number of ether oxygens (including phenoxy) is 1. The summed E-state index contributed by atoms with van der Waals surface area (Å²) in [6.45, 7) is 10.5. The number of carbonyl (C=O) groups excluding carboxylic acids is 2. The molecule has 1 fully saturated rings. The molecule has 43 heavy (non-hydrogen) atoms. The van der Waals surface area contributed by atoms with Crippen LogP contribution in [0.25, 0.3) is 11.3 Å². The minimum atomic E-state index is -0.374. The van der Waals surface area contributed by atoms with Crippen LogP contribution >= 0.6 is 0 Å². The summed E-state index contributed by atoms with van der Waals surface area (Å²) in [5.41, 5.74) is 2.80. The van der Waals surface area contributed by atoms with Crippen molar-refractivity contribution in [2.45, 2.75) is 52.0 Å². The van der Waals surface area contributed by atoms with Gasteiger partial charge in [0.1, 0.15) is 17.3 Å². The highest BCUT2D eigenvalue weighted by molar-refractivity contribution is 6.04. The van der Waals surface area contributed by atoms with Gasteiger partial charge in [-0.15, -0.1) is 0 Å². The van der Waals surface area contributed by atoms with E-state index in [1.165, 1.54) is 25.9 Å². The lowest BCUT2D eigenvalue weighted by molar-refractivity contribution is 0.102. The average Bonchev–Trinajstić information content (AvgIpc) is 3.78. The molecule has 0 saturated carbocycles. The lowest BCUT2D eigenvalue weighted by Crippen LogP contribution is -2.28. The van der Waals surface area contributed by atoms with Gasteiger partial charge < -0.3 is 24.8 Å². The number of carbonyl (C=O) groups is 2. The van der Waals surface area contributed by atoms with Crippen LogP contribution in [0, 0.1) is 0 Å². The van der Waals surface area contributed by atoms with Gasteiger partial charge in [-0.2, -0.15) is 5.10 Å².